The summed E-state index contributed by atoms with van der Waals surface area (Å²) in [6, 6.07) is 12.1. The predicted octanol–water partition coefficient (Wildman–Crippen LogP) is 1.29. The van der Waals surface area contributed by atoms with E-state index in [1.165, 1.54) is 6.07 Å². The maximum absolute atomic E-state index is 13.9. The number of amides is 2. The van der Waals surface area contributed by atoms with Crippen LogP contribution in [0.25, 0.3) is 0 Å². The van der Waals surface area contributed by atoms with Crippen LogP contribution in [0, 0.1) is 5.82 Å². The fourth-order valence-corrected chi connectivity index (χ4v) is 3.87. The monoisotopic (exact) mass is 383 g/mol. The zero-order valence-electron chi connectivity index (χ0n) is 15.3. The third kappa shape index (κ3) is 3.71. The van der Waals surface area contributed by atoms with Crippen molar-refractivity contribution in [3.63, 3.8) is 0 Å². The largest absolute Gasteiger partial charge is 0.508 e. The Morgan fingerprint density at radius 3 is 2.57 bits per heavy atom. The number of nitrogens with one attached hydrogen (secondary N) is 1. The molecule has 7 heteroatoms. The summed E-state index contributed by atoms with van der Waals surface area (Å²) in [5.41, 5.74) is 1.46. The SMILES string of the molecule is O=C1N[C@H](Cc2ccc(O)cc2)C(=O)N2CCN(Cc3ccccc3F)C[C@H]12. The molecular formula is C21H22FN3O3. The molecule has 0 spiro atoms. The van der Waals surface area contributed by atoms with Gasteiger partial charge in [0, 0.05) is 38.2 Å². The van der Waals surface area contributed by atoms with Crippen LogP contribution in [-0.4, -0.2) is 58.4 Å². The molecule has 2 fully saturated rings. The first-order chi connectivity index (χ1) is 13.5. The maximum atomic E-state index is 13.9. The number of halogens is 1. The van der Waals surface area contributed by atoms with Crippen molar-refractivity contribution < 1.29 is 19.1 Å². The molecule has 2 aliphatic heterocycles. The Morgan fingerprint density at radius 1 is 1.07 bits per heavy atom. The van der Waals surface area contributed by atoms with Gasteiger partial charge < -0.3 is 15.3 Å². The number of aromatic hydroxyl groups is 1. The Labute approximate surface area is 162 Å². The molecule has 2 aromatic rings. The van der Waals surface area contributed by atoms with E-state index in [1.54, 1.807) is 47.4 Å². The summed E-state index contributed by atoms with van der Waals surface area (Å²) in [7, 11) is 0. The van der Waals surface area contributed by atoms with Crippen molar-refractivity contribution in [2.24, 2.45) is 0 Å². The maximum Gasteiger partial charge on any atom is 0.246 e. The minimum absolute atomic E-state index is 0.0942. The summed E-state index contributed by atoms with van der Waals surface area (Å²) in [4.78, 5) is 29.2. The summed E-state index contributed by atoms with van der Waals surface area (Å²) >= 11 is 0. The molecule has 0 unspecified atom stereocenters. The second-order valence-electron chi connectivity index (χ2n) is 7.31. The van der Waals surface area contributed by atoms with Crippen molar-refractivity contribution in [2.45, 2.75) is 25.0 Å². The molecule has 2 heterocycles. The van der Waals surface area contributed by atoms with Gasteiger partial charge in [0.2, 0.25) is 11.8 Å². The van der Waals surface area contributed by atoms with Crippen molar-refractivity contribution in [3.8, 4) is 5.75 Å². The van der Waals surface area contributed by atoms with Gasteiger partial charge in [-0.15, -0.1) is 0 Å². The Balaban J connectivity index is 1.42. The van der Waals surface area contributed by atoms with Crippen LogP contribution in [0.15, 0.2) is 48.5 Å². The summed E-state index contributed by atoms with van der Waals surface area (Å²) in [5.74, 6) is -0.373. The minimum atomic E-state index is -0.605. The summed E-state index contributed by atoms with van der Waals surface area (Å²) in [6.07, 6.45) is 0.382. The van der Waals surface area contributed by atoms with Gasteiger partial charge in [-0.25, -0.2) is 4.39 Å². The zero-order chi connectivity index (χ0) is 19.7. The lowest BCUT2D eigenvalue weighted by atomic mass is 9.98. The summed E-state index contributed by atoms with van der Waals surface area (Å²) < 4.78 is 13.9. The van der Waals surface area contributed by atoms with Gasteiger partial charge in [0.05, 0.1) is 0 Å². The number of rotatable bonds is 4. The van der Waals surface area contributed by atoms with E-state index in [-0.39, 0.29) is 23.4 Å². The van der Waals surface area contributed by atoms with Crippen LogP contribution in [0.5, 0.6) is 5.75 Å². The van der Waals surface area contributed by atoms with E-state index >= 15 is 0 Å². The third-order valence-electron chi connectivity index (χ3n) is 5.39. The molecule has 0 aromatic heterocycles. The highest BCUT2D eigenvalue weighted by Gasteiger charge is 2.43. The van der Waals surface area contributed by atoms with Gasteiger partial charge in [0.1, 0.15) is 23.7 Å². The second-order valence-corrected chi connectivity index (χ2v) is 7.31. The number of piperazine rings is 2. The first kappa shape index (κ1) is 18.4. The van der Waals surface area contributed by atoms with Crippen molar-refractivity contribution in [1.29, 1.82) is 0 Å². The van der Waals surface area contributed by atoms with Crippen molar-refractivity contribution in [1.82, 2.24) is 15.1 Å². The van der Waals surface area contributed by atoms with Gasteiger partial charge in [-0.2, -0.15) is 0 Å². The van der Waals surface area contributed by atoms with Crippen LogP contribution in [0.4, 0.5) is 4.39 Å². The van der Waals surface area contributed by atoms with Crippen LogP contribution in [0.1, 0.15) is 11.1 Å². The van der Waals surface area contributed by atoms with E-state index in [1.807, 2.05) is 4.90 Å². The average molecular weight is 383 g/mol. The number of phenols is 1. The Morgan fingerprint density at radius 2 is 1.82 bits per heavy atom. The number of phenolic OH excluding ortho intramolecular Hbond substituents is 1. The minimum Gasteiger partial charge on any atom is -0.508 e. The standard InChI is InChI=1S/C21H22FN3O3/c22-17-4-2-1-3-15(17)12-24-9-10-25-19(13-24)20(27)23-18(21(25)28)11-14-5-7-16(26)8-6-14/h1-8,18-19,26H,9-13H2,(H,23,27)/t18-,19-/m1/s1. The number of nitrogens with zero attached hydrogens (tertiary/aromatic N) is 2. The molecule has 2 N–H and O–H groups in total. The fourth-order valence-electron chi connectivity index (χ4n) is 3.87. The third-order valence-corrected chi connectivity index (χ3v) is 5.39. The second kappa shape index (κ2) is 7.59. The molecule has 146 valence electrons. The Kier molecular flexibility index (Phi) is 5.00. The van der Waals surface area contributed by atoms with E-state index in [2.05, 4.69) is 5.32 Å². The van der Waals surface area contributed by atoms with Gasteiger partial charge in [-0.05, 0) is 23.8 Å². The molecule has 2 saturated heterocycles. The van der Waals surface area contributed by atoms with Gasteiger partial charge in [0.15, 0.2) is 0 Å². The number of benzene rings is 2. The van der Waals surface area contributed by atoms with Gasteiger partial charge >= 0.3 is 0 Å². The molecule has 0 saturated carbocycles. The smallest absolute Gasteiger partial charge is 0.246 e. The van der Waals surface area contributed by atoms with Crippen LogP contribution < -0.4 is 5.32 Å². The molecule has 0 radical (unpaired) electrons. The van der Waals surface area contributed by atoms with Crippen molar-refractivity contribution >= 4 is 11.8 Å². The molecular weight excluding hydrogens is 361 g/mol. The molecule has 0 bridgehead atoms. The van der Waals surface area contributed by atoms with Crippen molar-refractivity contribution in [2.75, 3.05) is 19.6 Å². The molecule has 2 aliphatic rings. The van der Waals surface area contributed by atoms with E-state index in [0.29, 0.717) is 38.2 Å². The van der Waals surface area contributed by atoms with Crippen LogP contribution in [-0.2, 0) is 22.6 Å². The quantitative estimate of drug-likeness (QED) is 0.835. The first-order valence-electron chi connectivity index (χ1n) is 9.36. The molecule has 0 aliphatic carbocycles. The summed E-state index contributed by atoms with van der Waals surface area (Å²) in [6.45, 7) is 1.83. The number of carbonyl (C=O) groups is 2. The lowest BCUT2D eigenvalue weighted by molar-refractivity contribution is -0.153. The number of carbonyl (C=O) groups excluding carboxylic acids is 2. The van der Waals surface area contributed by atoms with E-state index in [4.69, 9.17) is 0 Å². The average Bonchev–Trinajstić information content (AvgIpc) is 2.69. The topological polar surface area (TPSA) is 72.9 Å². The van der Waals surface area contributed by atoms with E-state index in [9.17, 15) is 19.1 Å². The van der Waals surface area contributed by atoms with Crippen LogP contribution in [0.3, 0.4) is 0 Å². The number of fused-ring (bicyclic) bond motifs is 1. The van der Waals surface area contributed by atoms with Gasteiger partial charge in [0.25, 0.3) is 0 Å². The van der Waals surface area contributed by atoms with Crippen LogP contribution >= 0.6 is 0 Å². The molecule has 2 atom stereocenters. The highest BCUT2D eigenvalue weighted by molar-refractivity contribution is 5.97. The lowest BCUT2D eigenvalue weighted by Crippen LogP contribution is -2.69. The highest BCUT2D eigenvalue weighted by atomic mass is 19.1. The van der Waals surface area contributed by atoms with E-state index < -0.39 is 12.1 Å². The fraction of sp³-hybridized carbons (Fsp3) is 0.333. The Bertz CT molecular complexity index is 887. The molecule has 6 nitrogen and oxygen atoms in total. The molecule has 4 rings (SSSR count). The molecule has 2 amide bonds. The number of hydrogen-bond donors (Lipinski definition) is 2. The highest BCUT2D eigenvalue weighted by Crippen LogP contribution is 2.21. The Hall–Kier alpha value is -2.93. The lowest BCUT2D eigenvalue weighted by Gasteiger charge is -2.45. The van der Waals surface area contributed by atoms with Crippen molar-refractivity contribution in [3.05, 3.63) is 65.5 Å². The predicted molar refractivity (Wildman–Crippen MR) is 101 cm³/mol. The normalized spacial score (nSPS) is 22.7. The van der Waals surface area contributed by atoms with Gasteiger partial charge in [-0.1, -0.05) is 30.3 Å². The molecule has 28 heavy (non-hydrogen) atoms. The molecule has 2 aromatic carbocycles. The summed E-state index contributed by atoms with van der Waals surface area (Å²) in [5, 5.41) is 12.2. The zero-order valence-corrected chi connectivity index (χ0v) is 15.3. The van der Waals surface area contributed by atoms with E-state index in [0.717, 1.165) is 5.56 Å². The van der Waals surface area contributed by atoms with Gasteiger partial charge in [-0.3, -0.25) is 14.5 Å². The first-order valence-corrected chi connectivity index (χ1v) is 9.36. The van der Waals surface area contributed by atoms with Crippen LogP contribution in [0.2, 0.25) is 0 Å². The number of hydrogen-bond acceptors (Lipinski definition) is 4.